The lowest BCUT2D eigenvalue weighted by Gasteiger charge is -2.11. The molecule has 3 aromatic carbocycles. The Balaban J connectivity index is 1.69. The fraction of sp³-hybridized carbons (Fsp3) is 0.0741. The Hall–Kier alpha value is -4.43. The number of aromatic amines is 2. The lowest BCUT2D eigenvalue weighted by molar-refractivity contribution is 0.366. The van der Waals surface area contributed by atoms with Crippen LogP contribution in [0.2, 0.25) is 5.02 Å². The summed E-state index contributed by atoms with van der Waals surface area (Å²) >= 11 is 6.31. The fourth-order valence-corrected chi connectivity index (χ4v) is 4.85. The molecule has 9 heteroatoms. The van der Waals surface area contributed by atoms with Gasteiger partial charge in [-0.25, -0.2) is 9.37 Å². The average molecular weight is 501 g/mol. The van der Waals surface area contributed by atoms with Crippen LogP contribution >= 0.6 is 11.6 Å². The van der Waals surface area contributed by atoms with Crippen molar-refractivity contribution in [1.82, 2.24) is 19.9 Å². The van der Waals surface area contributed by atoms with E-state index in [2.05, 4.69) is 19.9 Å². The number of rotatable bonds is 4. The minimum absolute atomic E-state index is 0.173. The smallest absolute Gasteiger partial charge is 0.256 e. The summed E-state index contributed by atoms with van der Waals surface area (Å²) in [5.41, 5.74) is 2.68. The second-order valence-corrected chi connectivity index (χ2v) is 8.58. The number of fused-ring (bicyclic) bond motifs is 6. The van der Waals surface area contributed by atoms with E-state index in [4.69, 9.17) is 21.1 Å². The molecule has 6 aromatic rings. The molecule has 0 aliphatic rings. The molecule has 3 heterocycles. The topological polar surface area (TPSA) is 92.9 Å². The Morgan fingerprint density at radius 3 is 2.58 bits per heavy atom. The Morgan fingerprint density at radius 1 is 0.944 bits per heavy atom. The quantitative estimate of drug-likeness (QED) is 0.285. The van der Waals surface area contributed by atoms with Gasteiger partial charge < -0.3 is 19.4 Å². The molecule has 0 fully saturated rings. The minimum atomic E-state index is -0.491. The van der Waals surface area contributed by atoms with Crippen molar-refractivity contribution in [2.45, 2.75) is 0 Å². The Bertz CT molecular complexity index is 1860. The highest BCUT2D eigenvalue weighted by Gasteiger charge is 2.20. The van der Waals surface area contributed by atoms with Gasteiger partial charge >= 0.3 is 0 Å². The van der Waals surface area contributed by atoms with Crippen LogP contribution < -0.4 is 15.0 Å². The zero-order valence-corrected chi connectivity index (χ0v) is 19.9. The molecule has 0 aliphatic carbocycles. The predicted molar refractivity (Wildman–Crippen MR) is 138 cm³/mol. The maximum atomic E-state index is 14.7. The van der Waals surface area contributed by atoms with Gasteiger partial charge in [0.2, 0.25) is 11.8 Å². The summed E-state index contributed by atoms with van der Waals surface area (Å²) in [6.07, 6.45) is 1.57. The van der Waals surface area contributed by atoms with Gasteiger partial charge in [-0.1, -0.05) is 29.8 Å². The van der Waals surface area contributed by atoms with Gasteiger partial charge in [0.15, 0.2) is 0 Å². The van der Waals surface area contributed by atoms with Crippen molar-refractivity contribution in [3.8, 4) is 34.3 Å². The number of pyridine rings is 2. The van der Waals surface area contributed by atoms with Crippen molar-refractivity contribution >= 4 is 44.2 Å². The van der Waals surface area contributed by atoms with Crippen molar-refractivity contribution in [2.24, 2.45) is 0 Å². The first-order valence-electron chi connectivity index (χ1n) is 11.0. The Labute approximate surface area is 208 Å². The standard InChI is InChI=1S/C27H18ClFN4O3/c1-35-20-9-8-14(27(31-20)36-2)13-6-7-15-17(12-13)21-16(10-11-30-26(21)34)24-23(15)32-25(33-24)22-18(28)4-3-5-19(22)29/h3-12H,1-2H3,(H,30,34)(H,32,33). The van der Waals surface area contributed by atoms with Crippen molar-refractivity contribution in [1.29, 1.82) is 0 Å². The van der Waals surface area contributed by atoms with Gasteiger partial charge in [0, 0.05) is 28.6 Å². The second kappa shape index (κ2) is 8.35. The molecule has 0 spiro atoms. The highest BCUT2D eigenvalue weighted by atomic mass is 35.5. The predicted octanol–water partition coefficient (Wildman–Crippen LogP) is 6.10. The molecule has 6 rings (SSSR count). The lowest BCUT2D eigenvalue weighted by atomic mass is 9.97. The SMILES string of the molecule is COc1ccc(-c2ccc3c(c2)c2c(=O)[nH]ccc2c2nc(-c4c(F)cccc4Cl)[nH]c32)c(OC)n1. The third-order valence-corrected chi connectivity index (χ3v) is 6.54. The Kier molecular flexibility index (Phi) is 5.12. The molecule has 0 saturated heterocycles. The summed E-state index contributed by atoms with van der Waals surface area (Å²) in [5.74, 6) is 0.615. The van der Waals surface area contributed by atoms with E-state index in [1.54, 1.807) is 24.4 Å². The third-order valence-electron chi connectivity index (χ3n) is 6.23. The number of methoxy groups -OCH3 is 2. The molecule has 2 N–H and O–H groups in total. The molecule has 3 aromatic heterocycles. The van der Waals surface area contributed by atoms with Crippen molar-refractivity contribution in [3.05, 3.63) is 82.0 Å². The molecular weight excluding hydrogens is 483 g/mol. The number of hydrogen-bond acceptors (Lipinski definition) is 5. The number of H-pyrrole nitrogens is 2. The van der Waals surface area contributed by atoms with Gasteiger partial charge in [0.1, 0.15) is 11.6 Å². The number of nitrogens with zero attached hydrogens (tertiary/aromatic N) is 2. The van der Waals surface area contributed by atoms with Crippen molar-refractivity contribution < 1.29 is 13.9 Å². The summed E-state index contributed by atoms with van der Waals surface area (Å²) in [7, 11) is 3.07. The van der Waals surface area contributed by atoms with Gasteiger partial charge in [0.25, 0.3) is 5.56 Å². The van der Waals surface area contributed by atoms with Gasteiger partial charge in [0.05, 0.1) is 41.2 Å². The molecule has 0 bridgehead atoms. The summed E-state index contributed by atoms with van der Waals surface area (Å²) in [6.45, 7) is 0. The first-order chi connectivity index (χ1) is 17.5. The molecule has 0 amide bonds. The van der Waals surface area contributed by atoms with E-state index in [0.717, 1.165) is 16.5 Å². The highest BCUT2D eigenvalue weighted by Crippen LogP contribution is 2.39. The summed E-state index contributed by atoms with van der Waals surface area (Å²) < 4.78 is 25.4. The molecule has 36 heavy (non-hydrogen) atoms. The van der Waals surface area contributed by atoms with Crippen LogP contribution in [0.5, 0.6) is 11.8 Å². The van der Waals surface area contributed by atoms with Crippen LogP contribution in [0, 0.1) is 5.82 Å². The Morgan fingerprint density at radius 2 is 1.81 bits per heavy atom. The van der Waals surface area contributed by atoms with Crippen LogP contribution in [0.3, 0.4) is 0 Å². The van der Waals surface area contributed by atoms with Gasteiger partial charge in [-0.15, -0.1) is 0 Å². The van der Waals surface area contributed by atoms with Crippen LogP contribution in [0.4, 0.5) is 4.39 Å². The van der Waals surface area contributed by atoms with Crippen LogP contribution in [-0.4, -0.2) is 34.2 Å². The molecule has 0 unspecified atom stereocenters. The van der Waals surface area contributed by atoms with Crippen LogP contribution in [0.25, 0.3) is 55.1 Å². The molecular formula is C27H18ClFN4O3. The fourth-order valence-electron chi connectivity index (χ4n) is 4.60. The van der Waals surface area contributed by atoms with Crippen molar-refractivity contribution in [2.75, 3.05) is 14.2 Å². The summed E-state index contributed by atoms with van der Waals surface area (Å²) in [5, 5.41) is 2.80. The van der Waals surface area contributed by atoms with E-state index < -0.39 is 5.82 Å². The maximum Gasteiger partial charge on any atom is 0.256 e. The minimum Gasteiger partial charge on any atom is -0.481 e. The van der Waals surface area contributed by atoms with E-state index in [1.165, 1.54) is 26.4 Å². The summed E-state index contributed by atoms with van der Waals surface area (Å²) in [6, 6.07) is 15.6. The van der Waals surface area contributed by atoms with E-state index in [1.807, 2.05) is 24.3 Å². The van der Waals surface area contributed by atoms with E-state index in [-0.39, 0.29) is 22.0 Å². The van der Waals surface area contributed by atoms with Gasteiger partial charge in [-0.05, 0) is 41.3 Å². The van der Waals surface area contributed by atoms with Gasteiger partial charge in [-0.3, -0.25) is 4.79 Å². The van der Waals surface area contributed by atoms with Crippen LogP contribution in [0.1, 0.15) is 0 Å². The number of halogens is 2. The van der Waals surface area contributed by atoms with Crippen molar-refractivity contribution in [3.63, 3.8) is 0 Å². The first-order valence-corrected chi connectivity index (χ1v) is 11.4. The zero-order valence-electron chi connectivity index (χ0n) is 19.1. The number of nitrogens with one attached hydrogen (secondary N) is 2. The monoisotopic (exact) mass is 500 g/mol. The van der Waals surface area contributed by atoms with Gasteiger partial charge in [-0.2, -0.15) is 4.98 Å². The third kappa shape index (κ3) is 3.30. The molecule has 0 saturated carbocycles. The number of ether oxygens (including phenoxy) is 2. The second-order valence-electron chi connectivity index (χ2n) is 8.17. The lowest BCUT2D eigenvalue weighted by Crippen LogP contribution is -2.05. The molecule has 0 aliphatic heterocycles. The molecule has 178 valence electrons. The zero-order chi connectivity index (χ0) is 25.0. The summed E-state index contributed by atoms with van der Waals surface area (Å²) in [4.78, 5) is 28.1. The average Bonchev–Trinajstić information content (AvgIpc) is 3.33. The molecule has 0 atom stereocenters. The van der Waals surface area contributed by atoms with E-state index in [0.29, 0.717) is 39.0 Å². The highest BCUT2D eigenvalue weighted by molar-refractivity contribution is 6.33. The molecule has 0 radical (unpaired) electrons. The maximum absolute atomic E-state index is 14.7. The number of benzene rings is 3. The van der Waals surface area contributed by atoms with E-state index >= 15 is 0 Å². The largest absolute Gasteiger partial charge is 0.481 e. The van der Waals surface area contributed by atoms with Crippen LogP contribution in [-0.2, 0) is 0 Å². The number of imidazole rings is 1. The molecule has 7 nitrogen and oxygen atoms in total. The van der Waals surface area contributed by atoms with E-state index in [9.17, 15) is 9.18 Å². The normalized spacial score (nSPS) is 11.4. The first kappa shape index (κ1) is 22.1. The number of aromatic nitrogens is 4. The van der Waals surface area contributed by atoms with Crippen LogP contribution in [0.15, 0.2) is 65.6 Å². The number of hydrogen-bond donors (Lipinski definition) is 2.